The summed E-state index contributed by atoms with van der Waals surface area (Å²) >= 11 is 0. The zero-order valence-corrected chi connectivity index (χ0v) is 30.5. The van der Waals surface area contributed by atoms with Gasteiger partial charge in [-0.1, -0.05) is 40.7 Å². The lowest BCUT2D eigenvalue weighted by molar-refractivity contribution is -0.280. The fraction of sp³-hybridized carbons (Fsp3) is 0.722. The predicted octanol–water partition coefficient (Wildman–Crippen LogP) is 1.88. The normalized spacial score (nSPS) is 38.7. The van der Waals surface area contributed by atoms with Crippen molar-refractivity contribution in [2.75, 3.05) is 13.2 Å². The minimum Gasteiger partial charge on any atom is -0.459 e. The molecule has 3 fully saturated rings. The highest BCUT2D eigenvalue weighted by atomic mass is 16.7. The van der Waals surface area contributed by atoms with Crippen molar-refractivity contribution in [1.82, 2.24) is 0 Å². The van der Waals surface area contributed by atoms with Gasteiger partial charge >= 0.3 is 35.8 Å². The number of aliphatic hydroxyl groups excluding tert-OH is 1. The van der Waals surface area contributed by atoms with E-state index in [1.165, 1.54) is 32.1 Å². The molecule has 0 aromatic heterocycles. The first-order chi connectivity index (χ1) is 23.7. The van der Waals surface area contributed by atoms with E-state index >= 15 is 0 Å². The number of esters is 6. The van der Waals surface area contributed by atoms with Crippen LogP contribution in [0.2, 0.25) is 0 Å². The molecule has 0 aromatic carbocycles. The monoisotopic (exact) mass is 722 g/mol. The molecule has 0 bridgehead atoms. The maximum Gasteiger partial charge on any atom is 0.312 e. The molecule has 15 heteroatoms. The topological polar surface area (TPSA) is 211 Å². The van der Waals surface area contributed by atoms with Crippen LogP contribution >= 0.6 is 0 Å². The zero-order valence-electron chi connectivity index (χ0n) is 30.5. The zero-order chi connectivity index (χ0) is 38.2. The molecular formula is C36H50O15. The molecule has 2 aliphatic carbocycles. The van der Waals surface area contributed by atoms with Crippen molar-refractivity contribution in [2.45, 2.75) is 123 Å². The van der Waals surface area contributed by atoms with Crippen LogP contribution in [0.4, 0.5) is 0 Å². The summed E-state index contributed by atoms with van der Waals surface area (Å²) in [5.41, 5.74) is -5.88. The summed E-state index contributed by atoms with van der Waals surface area (Å²) in [7, 11) is 0. The van der Waals surface area contributed by atoms with Crippen molar-refractivity contribution in [3.8, 4) is 0 Å². The fourth-order valence-electron chi connectivity index (χ4n) is 7.80. The van der Waals surface area contributed by atoms with Crippen molar-refractivity contribution < 1.29 is 72.1 Å². The molecule has 4 rings (SSSR count). The lowest BCUT2D eigenvalue weighted by atomic mass is 9.51. The molecule has 2 saturated heterocycles. The second-order valence-electron chi connectivity index (χ2n) is 15.0. The van der Waals surface area contributed by atoms with Gasteiger partial charge in [-0.15, -0.1) is 0 Å². The summed E-state index contributed by atoms with van der Waals surface area (Å²) in [4.78, 5) is 79.1. The lowest BCUT2D eigenvalue weighted by Gasteiger charge is -2.59. The van der Waals surface area contributed by atoms with Crippen LogP contribution in [-0.2, 0) is 61.9 Å². The Hall–Kier alpha value is -3.82. The lowest BCUT2D eigenvalue weighted by Crippen LogP contribution is -2.76. The van der Waals surface area contributed by atoms with Gasteiger partial charge in [0.1, 0.15) is 17.8 Å². The first-order valence-corrected chi connectivity index (χ1v) is 17.2. The van der Waals surface area contributed by atoms with E-state index in [2.05, 4.69) is 0 Å². The smallest absolute Gasteiger partial charge is 0.312 e. The van der Waals surface area contributed by atoms with E-state index < -0.39 is 107 Å². The SMILES string of the molecule is CC(=O)O[C@H]1/C=C\C(CO)=C/[C@@H]2OC(=O)[C@H](C)[C@@]2(O)[C@@H](OC(C)=O)[C@H]2[C@@]3(CO3)[C@H](OC(=O)CC(C)C)[C@H](OC(=O)CC(C)C)[C@H](OC(C)=O)[C@]12C. The predicted molar refractivity (Wildman–Crippen MR) is 174 cm³/mol. The molecule has 1 spiro atoms. The van der Waals surface area contributed by atoms with E-state index in [4.69, 9.17) is 33.2 Å². The Morgan fingerprint density at radius 1 is 0.863 bits per heavy atom. The van der Waals surface area contributed by atoms with E-state index in [-0.39, 0.29) is 36.9 Å². The van der Waals surface area contributed by atoms with Crippen LogP contribution in [-0.4, -0.2) is 107 Å². The molecule has 4 aliphatic rings. The molecule has 284 valence electrons. The van der Waals surface area contributed by atoms with Crippen molar-refractivity contribution in [2.24, 2.45) is 29.1 Å². The fourth-order valence-corrected chi connectivity index (χ4v) is 7.80. The van der Waals surface area contributed by atoms with Crippen LogP contribution < -0.4 is 0 Å². The molecular weight excluding hydrogens is 672 g/mol. The molecule has 0 amide bonds. The quantitative estimate of drug-likeness (QED) is 0.187. The molecule has 1 saturated carbocycles. The number of hydrogen-bond acceptors (Lipinski definition) is 15. The summed E-state index contributed by atoms with van der Waals surface area (Å²) in [5, 5.41) is 23.1. The summed E-state index contributed by atoms with van der Waals surface area (Å²) in [6.45, 7) is 12.5. The van der Waals surface area contributed by atoms with Gasteiger partial charge in [0.25, 0.3) is 0 Å². The van der Waals surface area contributed by atoms with Gasteiger partial charge in [-0.05, 0) is 36.5 Å². The molecule has 0 radical (unpaired) electrons. The summed E-state index contributed by atoms with van der Waals surface area (Å²) in [5.74, 6) is -7.97. The Morgan fingerprint density at radius 3 is 1.88 bits per heavy atom. The van der Waals surface area contributed by atoms with E-state index in [1.54, 1.807) is 27.7 Å². The Bertz CT molecular complexity index is 1460. The highest BCUT2D eigenvalue weighted by Crippen LogP contribution is 2.63. The number of fused-ring (bicyclic) bond motifs is 3. The molecule has 2 heterocycles. The average Bonchev–Trinajstić information content (AvgIpc) is 3.75. The van der Waals surface area contributed by atoms with Crippen LogP contribution in [0, 0.1) is 29.1 Å². The van der Waals surface area contributed by atoms with Gasteiger partial charge in [-0.2, -0.15) is 0 Å². The van der Waals surface area contributed by atoms with Gasteiger partial charge in [0.15, 0.2) is 30.0 Å². The van der Waals surface area contributed by atoms with Crippen molar-refractivity contribution in [1.29, 1.82) is 0 Å². The molecule has 11 atom stereocenters. The van der Waals surface area contributed by atoms with E-state index in [9.17, 15) is 39.0 Å². The maximum absolute atomic E-state index is 13.5. The molecule has 2 N–H and O–H groups in total. The van der Waals surface area contributed by atoms with Crippen LogP contribution in [0.25, 0.3) is 0 Å². The van der Waals surface area contributed by atoms with Crippen molar-refractivity contribution >= 4 is 35.8 Å². The average molecular weight is 723 g/mol. The number of aliphatic hydroxyl groups is 2. The number of ether oxygens (including phenoxy) is 7. The first kappa shape index (κ1) is 40.0. The second-order valence-corrected chi connectivity index (χ2v) is 15.0. The summed E-state index contributed by atoms with van der Waals surface area (Å²) < 4.78 is 41.9. The van der Waals surface area contributed by atoms with Gasteiger partial charge in [-0.3, -0.25) is 28.8 Å². The third-order valence-electron chi connectivity index (χ3n) is 10.1. The van der Waals surface area contributed by atoms with E-state index in [0.29, 0.717) is 0 Å². The first-order valence-electron chi connectivity index (χ1n) is 17.2. The van der Waals surface area contributed by atoms with E-state index in [0.717, 1.165) is 20.8 Å². The van der Waals surface area contributed by atoms with Gasteiger partial charge in [0, 0.05) is 39.5 Å². The maximum atomic E-state index is 13.5. The van der Waals surface area contributed by atoms with Gasteiger partial charge in [0.05, 0.1) is 24.5 Å². The van der Waals surface area contributed by atoms with Crippen LogP contribution in [0.5, 0.6) is 0 Å². The third kappa shape index (κ3) is 7.70. The second kappa shape index (κ2) is 15.0. The molecule has 2 aliphatic heterocycles. The molecule has 51 heavy (non-hydrogen) atoms. The van der Waals surface area contributed by atoms with Crippen LogP contribution in [0.15, 0.2) is 23.8 Å². The molecule has 15 nitrogen and oxygen atoms in total. The largest absolute Gasteiger partial charge is 0.459 e. The number of rotatable bonds is 10. The van der Waals surface area contributed by atoms with E-state index in [1.807, 2.05) is 0 Å². The Balaban J connectivity index is 2.15. The van der Waals surface area contributed by atoms with Gasteiger partial charge in [-0.25, -0.2) is 0 Å². The number of carbonyl (C=O) groups excluding carboxylic acids is 6. The van der Waals surface area contributed by atoms with Gasteiger partial charge < -0.3 is 43.4 Å². The van der Waals surface area contributed by atoms with Crippen molar-refractivity contribution in [3.63, 3.8) is 0 Å². The molecule has 0 unspecified atom stereocenters. The number of epoxide rings is 1. The Morgan fingerprint density at radius 2 is 1.39 bits per heavy atom. The van der Waals surface area contributed by atoms with Crippen LogP contribution in [0.3, 0.4) is 0 Å². The summed E-state index contributed by atoms with van der Waals surface area (Å²) in [6, 6.07) is 0. The number of hydrogen-bond donors (Lipinski definition) is 2. The van der Waals surface area contributed by atoms with Crippen molar-refractivity contribution in [3.05, 3.63) is 23.8 Å². The van der Waals surface area contributed by atoms with Gasteiger partial charge in [0.2, 0.25) is 0 Å². The minimum atomic E-state index is -2.39. The Labute approximate surface area is 296 Å². The Kier molecular flexibility index (Phi) is 11.8. The minimum absolute atomic E-state index is 0.0638. The standard InChI is InChI=1S/C36H50O15/c1-17(2)12-26(41)50-28-30(47-21(7)39)34(9)24(46-20(6)38)11-10-23(15-37)14-25-36(44,19(5)33(43)49-25)32(48-22(8)40)29(34)35(16-45-35)31(28)51-27(42)13-18(3)4/h10-11,14,17-19,24-25,28-32,37,44H,12-13,15-16H2,1-9H3/b11-10-,23-14+/t19-,24-,25-,28+,29+,30-,31+,32-,34+,35-,36-/m0/s1. The highest BCUT2D eigenvalue weighted by molar-refractivity contribution is 5.78. The summed E-state index contributed by atoms with van der Waals surface area (Å²) in [6.07, 6.45) is -5.52. The van der Waals surface area contributed by atoms with Crippen LogP contribution in [0.1, 0.15) is 75.2 Å². The third-order valence-corrected chi connectivity index (χ3v) is 10.1. The highest BCUT2D eigenvalue weighted by Gasteiger charge is 2.81. The molecule has 0 aromatic rings. The number of carbonyl (C=O) groups is 6.